The largest absolute Gasteiger partial charge is 0.459 e. The van der Waals surface area contributed by atoms with Gasteiger partial charge in [0.25, 0.3) is 5.91 Å². The molecule has 1 N–H and O–H groups in total. The first-order valence-electron chi connectivity index (χ1n) is 10.4. The smallest absolute Gasteiger partial charge is 0.290 e. The van der Waals surface area contributed by atoms with Crippen molar-refractivity contribution in [2.75, 3.05) is 13.2 Å². The van der Waals surface area contributed by atoms with Gasteiger partial charge in [-0.2, -0.15) is 0 Å². The number of ether oxygens (including phenoxy) is 1. The Labute approximate surface area is 170 Å². The van der Waals surface area contributed by atoms with E-state index in [1.165, 1.54) is 6.26 Å². The zero-order chi connectivity index (χ0) is 20.1. The number of nitrogens with zero attached hydrogens (tertiary/aromatic N) is 2. The molecule has 154 valence electrons. The Bertz CT molecular complexity index is 797. The average Bonchev–Trinajstić information content (AvgIpc) is 3.51. The molecule has 1 aliphatic heterocycles. The van der Waals surface area contributed by atoms with Crippen molar-refractivity contribution in [1.29, 1.82) is 0 Å². The number of rotatable bonds is 7. The summed E-state index contributed by atoms with van der Waals surface area (Å²) in [6, 6.07) is 6.29. The van der Waals surface area contributed by atoms with Gasteiger partial charge in [-0.25, -0.2) is 0 Å². The van der Waals surface area contributed by atoms with Crippen molar-refractivity contribution < 1.29 is 18.7 Å². The normalized spacial score (nSPS) is 20.5. The lowest BCUT2D eigenvalue weighted by molar-refractivity contribution is -0.127. The van der Waals surface area contributed by atoms with Crippen LogP contribution in [0.25, 0.3) is 0 Å². The lowest BCUT2D eigenvalue weighted by Crippen LogP contribution is -2.48. The molecule has 1 aliphatic carbocycles. The Balaban J connectivity index is 1.65. The number of pyridine rings is 1. The molecule has 3 heterocycles. The van der Waals surface area contributed by atoms with Crippen molar-refractivity contribution in [3.05, 3.63) is 54.2 Å². The molecule has 0 bridgehead atoms. The Morgan fingerprint density at radius 2 is 2.03 bits per heavy atom. The number of nitrogens with one attached hydrogen (secondary N) is 1. The first kappa shape index (κ1) is 19.6. The minimum atomic E-state index is -0.786. The molecule has 2 atom stereocenters. The number of furan rings is 1. The molecule has 0 spiro atoms. The molecule has 2 fully saturated rings. The fraction of sp³-hybridized carbons (Fsp3) is 0.500. The number of hydrogen-bond donors (Lipinski definition) is 1. The predicted octanol–water partition coefficient (Wildman–Crippen LogP) is 3.10. The van der Waals surface area contributed by atoms with Crippen LogP contribution in [0.1, 0.15) is 60.7 Å². The molecule has 4 rings (SSSR count). The highest BCUT2D eigenvalue weighted by molar-refractivity contribution is 5.96. The van der Waals surface area contributed by atoms with Crippen LogP contribution in [0.2, 0.25) is 0 Å². The standard InChI is InChI=1S/C22H27N3O4/c26-21(24-17-7-1-2-8-17)20(16-6-3-11-23-14-16)25(15-18-9-4-12-28-18)22(27)19-10-5-13-29-19/h3,5-6,10-11,13-14,17-18,20H,1-2,4,7-9,12,15H2,(H,24,26). The van der Waals surface area contributed by atoms with Gasteiger partial charge in [0.2, 0.25) is 5.91 Å². The first-order valence-corrected chi connectivity index (χ1v) is 10.4. The van der Waals surface area contributed by atoms with Crippen LogP contribution in [0.15, 0.2) is 47.3 Å². The van der Waals surface area contributed by atoms with Crippen LogP contribution in [0.5, 0.6) is 0 Å². The fourth-order valence-electron chi connectivity index (χ4n) is 4.22. The van der Waals surface area contributed by atoms with Crippen molar-refractivity contribution in [3.63, 3.8) is 0 Å². The van der Waals surface area contributed by atoms with Gasteiger partial charge in [-0.05, 0) is 43.9 Å². The molecule has 7 heteroatoms. The molecule has 2 aromatic heterocycles. The van der Waals surface area contributed by atoms with E-state index in [0.29, 0.717) is 18.7 Å². The number of carbonyl (C=O) groups excluding carboxylic acids is 2. The summed E-state index contributed by atoms with van der Waals surface area (Å²) in [5, 5.41) is 3.15. The maximum absolute atomic E-state index is 13.4. The molecule has 2 unspecified atom stereocenters. The maximum Gasteiger partial charge on any atom is 0.290 e. The minimum Gasteiger partial charge on any atom is -0.459 e. The van der Waals surface area contributed by atoms with Gasteiger partial charge in [0.15, 0.2) is 5.76 Å². The number of hydrogen-bond acceptors (Lipinski definition) is 5. The van der Waals surface area contributed by atoms with E-state index in [2.05, 4.69) is 10.3 Å². The highest BCUT2D eigenvalue weighted by Crippen LogP contribution is 2.27. The van der Waals surface area contributed by atoms with Crippen molar-refractivity contribution in [2.45, 2.75) is 56.7 Å². The molecule has 2 aliphatic rings. The van der Waals surface area contributed by atoms with Gasteiger partial charge in [0.05, 0.1) is 12.4 Å². The molecule has 0 aromatic carbocycles. The highest BCUT2D eigenvalue weighted by atomic mass is 16.5. The summed E-state index contributed by atoms with van der Waals surface area (Å²) in [5.74, 6) is -0.283. The molecule has 1 saturated heterocycles. The quantitative estimate of drug-likeness (QED) is 0.776. The highest BCUT2D eigenvalue weighted by Gasteiger charge is 2.36. The monoisotopic (exact) mass is 397 g/mol. The Hall–Kier alpha value is -2.67. The Morgan fingerprint density at radius 3 is 2.69 bits per heavy atom. The first-order chi connectivity index (χ1) is 14.2. The molecule has 7 nitrogen and oxygen atoms in total. The summed E-state index contributed by atoms with van der Waals surface area (Å²) in [6.07, 6.45) is 10.7. The van der Waals surface area contributed by atoms with Gasteiger partial charge < -0.3 is 19.4 Å². The zero-order valence-corrected chi connectivity index (χ0v) is 16.5. The van der Waals surface area contributed by atoms with Gasteiger partial charge in [-0.3, -0.25) is 14.6 Å². The van der Waals surface area contributed by atoms with Crippen LogP contribution in [-0.2, 0) is 9.53 Å². The second kappa shape index (κ2) is 9.22. The van der Waals surface area contributed by atoms with Crippen LogP contribution in [-0.4, -0.2) is 47.0 Å². The summed E-state index contributed by atoms with van der Waals surface area (Å²) in [7, 11) is 0. The predicted molar refractivity (Wildman–Crippen MR) is 106 cm³/mol. The molecule has 29 heavy (non-hydrogen) atoms. The lowest BCUT2D eigenvalue weighted by Gasteiger charge is -2.33. The fourth-order valence-corrected chi connectivity index (χ4v) is 4.22. The number of amides is 2. The van der Waals surface area contributed by atoms with Crippen LogP contribution < -0.4 is 5.32 Å². The molecular weight excluding hydrogens is 370 g/mol. The summed E-state index contributed by atoms with van der Waals surface area (Å²) in [4.78, 5) is 32.5. The van der Waals surface area contributed by atoms with Crippen LogP contribution in [0.4, 0.5) is 0 Å². The SMILES string of the molecule is O=C(NC1CCCC1)C(c1cccnc1)N(CC1CCCO1)C(=O)c1ccco1. The van der Waals surface area contributed by atoms with Crippen molar-refractivity contribution in [3.8, 4) is 0 Å². The van der Waals surface area contributed by atoms with E-state index in [9.17, 15) is 9.59 Å². The van der Waals surface area contributed by atoms with Crippen LogP contribution >= 0.6 is 0 Å². The van der Waals surface area contributed by atoms with E-state index in [1.807, 2.05) is 6.07 Å². The zero-order valence-electron chi connectivity index (χ0n) is 16.5. The number of carbonyl (C=O) groups is 2. The van der Waals surface area contributed by atoms with E-state index in [-0.39, 0.29) is 29.7 Å². The van der Waals surface area contributed by atoms with Gasteiger partial charge >= 0.3 is 0 Å². The van der Waals surface area contributed by atoms with Crippen molar-refractivity contribution in [2.24, 2.45) is 0 Å². The van der Waals surface area contributed by atoms with E-state index >= 15 is 0 Å². The number of aromatic nitrogens is 1. The van der Waals surface area contributed by atoms with E-state index < -0.39 is 6.04 Å². The topological polar surface area (TPSA) is 84.7 Å². The molecule has 0 radical (unpaired) electrons. The lowest BCUT2D eigenvalue weighted by atomic mass is 10.0. The third-order valence-corrected chi connectivity index (χ3v) is 5.68. The summed E-state index contributed by atoms with van der Waals surface area (Å²) in [5.41, 5.74) is 0.681. The van der Waals surface area contributed by atoms with Gasteiger partial charge in [0, 0.05) is 37.2 Å². The van der Waals surface area contributed by atoms with Gasteiger partial charge in [-0.1, -0.05) is 18.9 Å². The van der Waals surface area contributed by atoms with Crippen LogP contribution in [0.3, 0.4) is 0 Å². The summed E-state index contributed by atoms with van der Waals surface area (Å²) < 4.78 is 11.1. The average molecular weight is 397 g/mol. The van der Waals surface area contributed by atoms with E-state index in [0.717, 1.165) is 38.5 Å². The van der Waals surface area contributed by atoms with Gasteiger partial charge in [0.1, 0.15) is 6.04 Å². The maximum atomic E-state index is 13.4. The molecular formula is C22H27N3O4. The molecule has 2 amide bonds. The Kier molecular flexibility index (Phi) is 6.24. The van der Waals surface area contributed by atoms with Crippen LogP contribution in [0, 0.1) is 0 Å². The van der Waals surface area contributed by atoms with E-state index in [1.54, 1.807) is 35.5 Å². The molecule has 1 saturated carbocycles. The summed E-state index contributed by atoms with van der Waals surface area (Å²) >= 11 is 0. The second-order valence-electron chi connectivity index (χ2n) is 7.75. The molecule has 2 aromatic rings. The summed E-state index contributed by atoms with van der Waals surface area (Å²) in [6.45, 7) is 1.01. The van der Waals surface area contributed by atoms with Crippen molar-refractivity contribution in [1.82, 2.24) is 15.2 Å². The third-order valence-electron chi connectivity index (χ3n) is 5.68. The second-order valence-corrected chi connectivity index (χ2v) is 7.75. The minimum absolute atomic E-state index is 0.0904. The van der Waals surface area contributed by atoms with E-state index in [4.69, 9.17) is 9.15 Å². The van der Waals surface area contributed by atoms with Gasteiger partial charge in [-0.15, -0.1) is 0 Å². The Morgan fingerprint density at radius 1 is 1.17 bits per heavy atom. The van der Waals surface area contributed by atoms with Crippen molar-refractivity contribution >= 4 is 11.8 Å². The third kappa shape index (κ3) is 4.67.